The van der Waals surface area contributed by atoms with Gasteiger partial charge in [-0.15, -0.1) is 0 Å². The molecule has 84 valence electrons. The maximum atomic E-state index is 11.3. The van der Waals surface area contributed by atoms with Gasteiger partial charge in [0.15, 0.2) is 0 Å². The first-order chi connectivity index (χ1) is 7.63. The Kier molecular flexibility index (Phi) is 2.59. The van der Waals surface area contributed by atoms with Crippen molar-refractivity contribution in [2.24, 2.45) is 18.6 Å². The first-order valence-electron chi connectivity index (χ1n) is 4.80. The van der Waals surface area contributed by atoms with Crippen molar-refractivity contribution >= 4 is 16.9 Å². The summed E-state index contributed by atoms with van der Waals surface area (Å²) in [5.74, 6) is 4.61. The second-order valence-corrected chi connectivity index (χ2v) is 3.59. The summed E-state index contributed by atoms with van der Waals surface area (Å²) in [6, 6.07) is 4.69. The Morgan fingerprint density at radius 2 is 2.31 bits per heavy atom. The van der Waals surface area contributed by atoms with Crippen LogP contribution in [0.5, 0.6) is 0 Å². The number of carbonyl (C=O) groups is 1. The summed E-state index contributed by atoms with van der Waals surface area (Å²) >= 11 is 0. The van der Waals surface area contributed by atoms with Crippen LogP contribution < -0.4 is 17.0 Å². The summed E-state index contributed by atoms with van der Waals surface area (Å²) in [5, 5.41) is 0. The number of imidazole rings is 1. The molecule has 0 saturated heterocycles. The van der Waals surface area contributed by atoms with Crippen LogP contribution in [0.4, 0.5) is 0 Å². The molecular weight excluding hydrogens is 206 g/mol. The largest absolute Gasteiger partial charge is 0.334 e. The molecule has 0 aliphatic rings. The van der Waals surface area contributed by atoms with E-state index in [0.29, 0.717) is 5.56 Å². The van der Waals surface area contributed by atoms with Crippen molar-refractivity contribution in [1.29, 1.82) is 0 Å². The van der Waals surface area contributed by atoms with E-state index in [1.54, 1.807) is 18.5 Å². The van der Waals surface area contributed by atoms with Crippen molar-refractivity contribution in [1.82, 2.24) is 15.0 Å². The van der Waals surface area contributed by atoms with E-state index >= 15 is 0 Å². The smallest absolute Gasteiger partial charge is 0.255 e. The Balaban J connectivity index is 2.43. The van der Waals surface area contributed by atoms with Crippen LogP contribution in [0.3, 0.4) is 0 Å². The average molecular weight is 219 g/mol. The molecule has 2 rings (SSSR count). The lowest BCUT2D eigenvalue weighted by molar-refractivity contribution is -0.122. The Morgan fingerprint density at radius 3 is 3.00 bits per heavy atom. The Labute approximate surface area is 92.2 Å². The van der Waals surface area contributed by atoms with Crippen molar-refractivity contribution in [3.05, 3.63) is 30.1 Å². The molecule has 0 saturated carbocycles. The molecule has 5 N–H and O–H groups in total. The molecule has 1 unspecified atom stereocenters. The van der Waals surface area contributed by atoms with Gasteiger partial charge in [0, 0.05) is 7.05 Å². The van der Waals surface area contributed by atoms with Crippen LogP contribution in [0.1, 0.15) is 11.6 Å². The van der Waals surface area contributed by atoms with Crippen LogP contribution in [0.15, 0.2) is 24.5 Å². The number of aryl methyl sites for hydroxylation is 1. The number of rotatable bonds is 2. The third-order valence-corrected chi connectivity index (χ3v) is 2.53. The highest BCUT2D eigenvalue weighted by atomic mass is 16.2. The Hall–Kier alpha value is -1.92. The molecular formula is C10H13N5O. The second kappa shape index (κ2) is 3.92. The number of nitrogens with two attached hydrogens (primary N) is 2. The molecule has 0 aliphatic heterocycles. The molecule has 0 bridgehead atoms. The van der Waals surface area contributed by atoms with E-state index in [-0.39, 0.29) is 0 Å². The van der Waals surface area contributed by atoms with Crippen LogP contribution in [0.2, 0.25) is 0 Å². The number of fused-ring (bicyclic) bond motifs is 1. The Bertz CT molecular complexity index is 533. The lowest BCUT2D eigenvalue weighted by atomic mass is 10.1. The van der Waals surface area contributed by atoms with E-state index in [0.717, 1.165) is 11.0 Å². The van der Waals surface area contributed by atoms with Gasteiger partial charge < -0.3 is 10.3 Å². The van der Waals surface area contributed by atoms with Gasteiger partial charge in [0.1, 0.15) is 6.04 Å². The number of amides is 1. The molecule has 1 aromatic heterocycles. The van der Waals surface area contributed by atoms with E-state index in [4.69, 9.17) is 11.6 Å². The topological polar surface area (TPSA) is 99.0 Å². The zero-order valence-corrected chi connectivity index (χ0v) is 8.84. The number of nitrogens with one attached hydrogen (secondary N) is 1. The zero-order valence-electron chi connectivity index (χ0n) is 8.84. The number of nitrogens with zero attached hydrogens (tertiary/aromatic N) is 2. The summed E-state index contributed by atoms with van der Waals surface area (Å²) in [6.07, 6.45) is 1.71. The molecule has 2 aromatic rings. The highest BCUT2D eigenvalue weighted by Gasteiger charge is 2.15. The molecule has 1 heterocycles. The number of aromatic nitrogens is 2. The van der Waals surface area contributed by atoms with Crippen molar-refractivity contribution in [3.8, 4) is 0 Å². The van der Waals surface area contributed by atoms with E-state index < -0.39 is 11.9 Å². The van der Waals surface area contributed by atoms with Gasteiger partial charge in [-0.05, 0) is 17.7 Å². The van der Waals surface area contributed by atoms with Crippen LogP contribution in [0, 0.1) is 0 Å². The third kappa shape index (κ3) is 1.64. The van der Waals surface area contributed by atoms with Gasteiger partial charge in [-0.1, -0.05) is 6.07 Å². The van der Waals surface area contributed by atoms with Crippen LogP contribution in [-0.4, -0.2) is 15.5 Å². The number of benzene rings is 1. The van der Waals surface area contributed by atoms with Gasteiger partial charge in [0.2, 0.25) is 0 Å². The van der Waals surface area contributed by atoms with E-state index in [9.17, 15) is 4.79 Å². The normalized spacial score (nSPS) is 12.7. The number of hydrogen-bond acceptors (Lipinski definition) is 4. The van der Waals surface area contributed by atoms with Gasteiger partial charge >= 0.3 is 0 Å². The van der Waals surface area contributed by atoms with Crippen LogP contribution >= 0.6 is 0 Å². The summed E-state index contributed by atoms with van der Waals surface area (Å²) in [5.41, 5.74) is 10.2. The molecule has 6 nitrogen and oxygen atoms in total. The molecule has 16 heavy (non-hydrogen) atoms. The first-order valence-corrected chi connectivity index (χ1v) is 4.80. The number of hydrazine groups is 1. The SMILES string of the molecule is Cn1cnc2cc(C(N)C(=O)NN)ccc21. The minimum absolute atomic E-state index is 0.421. The summed E-state index contributed by atoms with van der Waals surface area (Å²) < 4.78 is 1.90. The predicted molar refractivity (Wildman–Crippen MR) is 60.0 cm³/mol. The van der Waals surface area contributed by atoms with Crippen molar-refractivity contribution < 1.29 is 4.79 Å². The second-order valence-electron chi connectivity index (χ2n) is 3.59. The third-order valence-electron chi connectivity index (χ3n) is 2.53. The molecule has 0 radical (unpaired) electrons. The lowest BCUT2D eigenvalue weighted by Gasteiger charge is -2.09. The summed E-state index contributed by atoms with van der Waals surface area (Å²) in [4.78, 5) is 15.5. The lowest BCUT2D eigenvalue weighted by Crippen LogP contribution is -2.38. The quantitative estimate of drug-likeness (QED) is 0.362. The molecule has 0 aliphatic carbocycles. The molecule has 1 amide bonds. The standard InChI is InChI=1S/C10H13N5O/c1-15-5-13-7-4-6(2-3-8(7)15)9(11)10(16)14-12/h2-5,9H,11-12H2,1H3,(H,14,16). The van der Waals surface area contributed by atoms with E-state index in [2.05, 4.69) is 4.98 Å². The van der Waals surface area contributed by atoms with Gasteiger partial charge in [0.25, 0.3) is 5.91 Å². The minimum Gasteiger partial charge on any atom is -0.334 e. The molecule has 6 heteroatoms. The van der Waals surface area contributed by atoms with E-state index in [1.807, 2.05) is 23.1 Å². The van der Waals surface area contributed by atoms with Gasteiger partial charge in [-0.2, -0.15) is 0 Å². The summed E-state index contributed by atoms with van der Waals surface area (Å²) in [7, 11) is 1.90. The first kappa shape index (κ1) is 10.6. The maximum Gasteiger partial charge on any atom is 0.255 e. The fourth-order valence-electron chi connectivity index (χ4n) is 1.59. The van der Waals surface area contributed by atoms with Gasteiger partial charge in [-0.3, -0.25) is 10.2 Å². The predicted octanol–water partition coefficient (Wildman–Crippen LogP) is -0.437. The summed E-state index contributed by atoms with van der Waals surface area (Å²) in [6.45, 7) is 0. The fraction of sp³-hybridized carbons (Fsp3) is 0.200. The van der Waals surface area contributed by atoms with Crippen LogP contribution in [0.25, 0.3) is 11.0 Å². The minimum atomic E-state index is -0.767. The van der Waals surface area contributed by atoms with Crippen molar-refractivity contribution in [3.63, 3.8) is 0 Å². The van der Waals surface area contributed by atoms with Gasteiger partial charge in [-0.25, -0.2) is 10.8 Å². The fourth-order valence-corrected chi connectivity index (χ4v) is 1.59. The van der Waals surface area contributed by atoms with Crippen molar-refractivity contribution in [2.45, 2.75) is 6.04 Å². The zero-order chi connectivity index (χ0) is 11.7. The maximum absolute atomic E-state index is 11.3. The Morgan fingerprint density at radius 1 is 1.56 bits per heavy atom. The monoisotopic (exact) mass is 219 g/mol. The molecule has 0 fully saturated rings. The van der Waals surface area contributed by atoms with Crippen molar-refractivity contribution in [2.75, 3.05) is 0 Å². The molecule has 0 spiro atoms. The highest BCUT2D eigenvalue weighted by molar-refractivity contribution is 5.84. The number of hydrogen-bond donors (Lipinski definition) is 3. The number of carbonyl (C=O) groups excluding carboxylic acids is 1. The van der Waals surface area contributed by atoms with Gasteiger partial charge in [0.05, 0.1) is 17.4 Å². The average Bonchev–Trinajstić information content (AvgIpc) is 2.68. The van der Waals surface area contributed by atoms with Crippen LogP contribution in [-0.2, 0) is 11.8 Å². The van der Waals surface area contributed by atoms with E-state index in [1.165, 1.54) is 0 Å². The highest BCUT2D eigenvalue weighted by Crippen LogP contribution is 2.17. The molecule has 1 aromatic carbocycles. The molecule has 1 atom stereocenters.